The van der Waals surface area contributed by atoms with Crippen molar-refractivity contribution < 1.29 is 0 Å². The summed E-state index contributed by atoms with van der Waals surface area (Å²) in [5.74, 6) is 3.18. The highest BCUT2D eigenvalue weighted by Gasteiger charge is 2.61. The van der Waals surface area contributed by atoms with Gasteiger partial charge in [0.1, 0.15) is 0 Å². The molecule has 1 nitrogen and oxygen atoms in total. The molecule has 1 spiro atoms. The Morgan fingerprint density at radius 3 is 1.88 bits per heavy atom. The van der Waals surface area contributed by atoms with E-state index < -0.39 is 0 Å². The summed E-state index contributed by atoms with van der Waals surface area (Å²) >= 11 is 2.05. The van der Waals surface area contributed by atoms with Crippen LogP contribution in [0, 0.1) is 23.7 Å². The van der Waals surface area contributed by atoms with E-state index in [9.17, 15) is 0 Å². The molecule has 50 heavy (non-hydrogen) atoms. The predicted molar refractivity (Wildman–Crippen MR) is 210 cm³/mol. The van der Waals surface area contributed by atoms with E-state index in [0.717, 1.165) is 11.8 Å². The molecule has 0 aromatic heterocycles. The Labute approximate surface area is 303 Å². The molecule has 6 aliphatic rings. The van der Waals surface area contributed by atoms with Gasteiger partial charge in [-0.05, 0) is 143 Å². The van der Waals surface area contributed by atoms with Gasteiger partial charge in [0.15, 0.2) is 0 Å². The van der Waals surface area contributed by atoms with Crippen molar-refractivity contribution >= 4 is 28.8 Å². The number of anilines is 3. The molecule has 0 N–H and O–H groups in total. The second-order valence-electron chi connectivity index (χ2n) is 17.6. The van der Waals surface area contributed by atoms with Crippen LogP contribution in [0.1, 0.15) is 94.9 Å². The van der Waals surface area contributed by atoms with E-state index in [2.05, 4.69) is 148 Å². The Morgan fingerprint density at radius 2 is 1.16 bits per heavy atom. The molecule has 5 aromatic rings. The molecule has 252 valence electrons. The molecule has 11 rings (SSSR count). The van der Waals surface area contributed by atoms with Gasteiger partial charge in [0.2, 0.25) is 0 Å². The van der Waals surface area contributed by atoms with Gasteiger partial charge in [0.25, 0.3) is 0 Å². The molecule has 0 amide bonds. The number of hydrogen-bond donors (Lipinski definition) is 0. The monoisotopic (exact) mass is 671 g/mol. The third-order valence-corrected chi connectivity index (χ3v) is 15.1. The van der Waals surface area contributed by atoms with Gasteiger partial charge in [-0.25, -0.2) is 0 Å². The summed E-state index contributed by atoms with van der Waals surface area (Å²) in [6.07, 6.45) is 9.37. The molecule has 4 saturated carbocycles. The van der Waals surface area contributed by atoms with Crippen LogP contribution in [0.3, 0.4) is 0 Å². The van der Waals surface area contributed by atoms with Gasteiger partial charge < -0.3 is 4.90 Å². The van der Waals surface area contributed by atoms with Gasteiger partial charge in [0, 0.05) is 20.9 Å². The predicted octanol–water partition coefficient (Wildman–Crippen LogP) is 13.4. The maximum Gasteiger partial charge on any atom is 0.0604 e. The molecule has 5 aliphatic carbocycles. The first-order chi connectivity index (χ1) is 24.3. The lowest BCUT2D eigenvalue weighted by Crippen LogP contribution is -2.57. The van der Waals surface area contributed by atoms with Crippen LogP contribution in [0.15, 0.2) is 125 Å². The van der Waals surface area contributed by atoms with Crippen molar-refractivity contribution in [3.8, 4) is 11.1 Å². The van der Waals surface area contributed by atoms with Gasteiger partial charge >= 0.3 is 0 Å². The van der Waals surface area contributed by atoms with Gasteiger partial charge in [-0.3, -0.25) is 0 Å². The Balaban J connectivity index is 1.31. The van der Waals surface area contributed by atoms with Crippen LogP contribution < -0.4 is 4.90 Å². The molecule has 2 heteroatoms. The molecule has 4 fully saturated rings. The number of rotatable bonds is 4. The number of benzene rings is 5. The average Bonchev–Trinajstić information content (AvgIpc) is 3.13. The number of nitrogens with zero attached hydrogens (tertiary/aromatic N) is 1. The van der Waals surface area contributed by atoms with Gasteiger partial charge in [0.05, 0.1) is 11.4 Å². The third kappa shape index (κ3) is 4.39. The van der Waals surface area contributed by atoms with E-state index in [-0.39, 0.29) is 16.2 Å². The van der Waals surface area contributed by atoms with Crippen LogP contribution in [-0.2, 0) is 16.2 Å². The average molecular weight is 672 g/mol. The summed E-state index contributed by atoms with van der Waals surface area (Å²) in [6.45, 7) is 9.88. The smallest absolute Gasteiger partial charge is 0.0604 e. The molecular formula is C48H49NS. The van der Waals surface area contributed by atoms with Gasteiger partial charge in [-0.15, -0.1) is 0 Å². The Hall–Kier alpha value is -3.75. The van der Waals surface area contributed by atoms with Gasteiger partial charge in [-0.2, -0.15) is 0 Å². The Kier molecular flexibility index (Phi) is 6.90. The molecular weight excluding hydrogens is 623 g/mol. The fraction of sp³-hybridized carbons (Fsp3) is 0.375. The molecule has 0 unspecified atom stereocenters. The summed E-state index contributed by atoms with van der Waals surface area (Å²) in [6, 6.07) is 44.4. The van der Waals surface area contributed by atoms with Crippen LogP contribution in [0.5, 0.6) is 0 Å². The van der Waals surface area contributed by atoms with Crippen LogP contribution in [0.2, 0.25) is 0 Å². The van der Waals surface area contributed by atoms with E-state index in [4.69, 9.17) is 0 Å². The zero-order valence-electron chi connectivity index (χ0n) is 30.1. The largest absolute Gasteiger partial charge is 0.309 e. The van der Waals surface area contributed by atoms with Crippen molar-refractivity contribution in [3.63, 3.8) is 0 Å². The fourth-order valence-electron chi connectivity index (χ4n) is 11.9. The second kappa shape index (κ2) is 11.1. The number of para-hydroxylation sites is 1. The lowest BCUT2D eigenvalue weighted by atomic mass is 9.41. The summed E-state index contributed by atoms with van der Waals surface area (Å²) in [5.41, 5.74) is 13.3. The van der Waals surface area contributed by atoms with E-state index in [1.54, 1.807) is 11.1 Å². The van der Waals surface area contributed by atoms with Crippen LogP contribution in [0.4, 0.5) is 17.1 Å². The lowest BCUT2D eigenvalue weighted by Gasteiger charge is -2.63. The highest BCUT2D eigenvalue weighted by atomic mass is 32.2. The lowest BCUT2D eigenvalue weighted by molar-refractivity contribution is -0.0441. The van der Waals surface area contributed by atoms with Crippen molar-refractivity contribution in [2.45, 2.75) is 98.7 Å². The molecule has 4 bridgehead atoms. The normalized spacial score (nSPS) is 27.8. The van der Waals surface area contributed by atoms with Crippen molar-refractivity contribution in [2.75, 3.05) is 4.90 Å². The molecule has 0 saturated heterocycles. The number of fused-ring (bicyclic) bond motifs is 3. The summed E-state index contributed by atoms with van der Waals surface area (Å²) < 4.78 is 0. The summed E-state index contributed by atoms with van der Waals surface area (Å²) in [7, 11) is 0. The molecule has 0 radical (unpaired) electrons. The SMILES string of the molecule is CC1(C)CCC(C)(C)c2c(N(c3ccccc3)c3ccc(-c4ccccc4)c4c3Sc3ccccc3C43C4CC5CC(C4)CC3C5)cccc21. The topological polar surface area (TPSA) is 3.24 Å². The van der Waals surface area contributed by atoms with Crippen LogP contribution in [-0.4, -0.2) is 0 Å². The van der Waals surface area contributed by atoms with E-state index >= 15 is 0 Å². The second-order valence-corrected chi connectivity index (χ2v) is 18.7. The van der Waals surface area contributed by atoms with E-state index in [1.807, 2.05) is 11.8 Å². The molecule has 1 heterocycles. The van der Waals surface area contributed by atoms with Crippen molar-refractivity contribution in [1.29, 1.82) is 0 Å². The Morgan fingerprint density at radius 1 is 0.540 bits per heavy atom. The van der Waals surface area contributed by atoms with Crippen LogP contribution >= 0.6 is 11.8 Å². The minimum absolute atomic E-state index is 0.0333. The fourth-order valence-corrected chi connectivity index (χ4v) is 13.3. The first-order valence-electron chi connectivity index (χ1n) is 19.2. The van der Waals surface area contributed by atoms with Crippen molar-refractivity contribution in [2.24, 2.45) is 23.7 Å². The summed E-state index contributed by atoms with van der Waals surface area (Å²) in [5, 5.41) is 0. The first kappa shape index (κ1) is 31.0. The highest BCUT2D eigenvalue weighted by Crippen LogP contribution is 2.71. The maximum atomic E-state index is 2.67. The van der Waals surface area contributed by atoms with E-state index in [1.165, 1.54) is 94.1 Å². The van der Waals surface area contributed by atoms with Crippen molar-refractivity contribution in [1.82, 2.24) is 0 Å². The van der Waals surface area contributed by atoms with Gasteiger partial charge in [-0.1, -0.05) is 124 Å². The first-order valence-corrected chi connectivity index (χ1v) is 20.1. The third-order valence-electron chi connectivity index (χ3n) is 13.9. The standard InChI is InChI=1S/C48H49NS/c1-46(2)24-25-47(3,4)44-39(46)19-13-20-40(44)49(36-16-9-6-10-17-36)41-23-22-37(33-14-7-5-8-15-33)43-45(41)50-42-21-12-11-18-38(42)48(43)34-27-31-26-32(29-34)30-35(48)28-31/h5-23,31-32,34-35H,24-30H2,1-4H3. The zero-order chi connectivity index (χ0) is 33.8. The highest BCUT2D eigenvalue weighted by molar-refractivity contribution is 7.99. The van der Waals surface area contributed by atoms with Crippen molar-refractivity contribution in [3.05, 3.63) is 138 Å². The minimum atomic E-state index is 0.0333. The quantitative estimate of drug-likeness (QED) is 0.187. The minimum Gasteiger partial charge on any atom is -0.309 e. The van der Waals surface area contributed by atoms with Crippen LogP contribution in [0.25, 0.3) is 11.1 Å². The molecule has 1 aliphatic heterocycles. The molecule has 5 aromatic carbocycles. The Bertz CT molecular complexity index is 2080. The maximum absolute atomic E-state index is 2.67. The molecule has 0 atom stereocenters. The number of hydrogen-bond acceptors (Lipinski definition) is 2. The van der Waals surface area contributed by atoms with E-state index in [0.29, 0.717) is 11.8 Å². The zero-order valence-corrected chi connectivity index (χ0v) is 30.9. The summed E-state index contributed by atoms with van der Waals surface area (Å²) in [4.78, 5) is 5.62.